The zero-order chi connectivity index (χ0) is 31.4. The number of hydrogen-bond donors (Lipinski definition) is 0. The second-order valence-electron chi connectivity index (χ2n) is 9.24. The van der Waals surface area contributed by atoms with Crippen molar-refractivity contribution in [1.29, 1.82) is 5.26 Å². The number of alkyl halides is 3. The topological polar surface area (TPSA) is 146 Å². The Morgan fingerprint density at radius 2 is 1.76 bits per heavy atom. The van der Waals surface area contributed by atoms with E-state index in [9.17, 15) is 40.1 Å². The van der Waals surface area contributed by atoms with Crippen molar-refractivity contribution in [3.05, 3.63) is 93.4 Å². The molecule has 0 unspecified atom stereocenters. The smallest absolute Gasteiger partial charge is 0.360 e. The van der Waals surface area contributed by atoms with Crippen LogP contribution in [0.3, 0.4) is 0 Å². The summed E-state index contributed by atoms with van der Waals surface area (Å²) in [4.78, 5) is 17.2. The van der Waals surface area contributed by atoms with Gasteiger partial charge in [-0.3, -0.25) is 4.90 Å². The standard InChI is InChI=1S/C26H20F3N5O6S2/c1-14-24(16(3)40-32-14)42(38,39)34-23(20-10-9-17(13-30)11-21(20)41(5,36)37)22(31-4)15(2)33(25(34)35)19-8-6-7-18(12-19)26(27,28)29/h6-12,23H,1-3,5H3/t23-/m1/s1. The van der Waals surface area contributed by atoms with Gasteiger partial charge in [0.1, 0.15) is 11.7 Å². The molecule has 218 valence electrons. The largest absolute Gasteiger partial charge is 0.416 e. The highest BCUT2D eigenvalue weighted by Gasteiger charge is 2.50. The highest BCUT2D eigenvalue weighted by atomic mass is 32.2. The number of anilines is 1. The first kappa shape index (κ1) is 30.3. The second kappa shape index (κ2) is 10.3. The fourth-order valence-electron chi connectivity index (χ4n) is 4.65. The van der Waals surface area contributed by atoms with Crippen molar-refractivity contribution in [2.45, 2.75) is 42.8 Å². The Kier molecular flexibility index (Phi) is 7.43. The summed E-state index contributed by atoms with van der Waals surface area (Å²) >= 11 is 0. The molecule has 2 amide bonds. The van der Waals surface area contributed by atoms with Gasteiger partial charge in [-0.1, -0.05) is 17.3 Å². The van der Waals surface area contributed by atoms with Crippen LogP contribution in [0.4, 0.5) is 23.7 Å². The zero-order valence-electron chi connectivity index (χ0n) is 22.3. The normalized spacial score (nSPS) is 16.4. The molecule has 0 fully saturated rings. The first-order valence-electron chi connectivity index (χ1n) is 11.8. The van der Waals surface area contributed by atoms with Crippen molar-refractivity contribution in [3.63, 3.8) is 0 Å². The van der Waals surface area contributed by atoms with Gasteiger partial charge in [0.15, 0.2) is 20.5 Å². The molecule has 4 rings (SSSR count). The van der Waals surface area contributed by atoms with Gasteiger partial charge in [-0.25, -0.2) is 30.8 Å². The molecule has 0 saturated carbocycles. The van der Waals surface area contributed by atoms with Gasteiger partial charge in [0, 0.05) is 17.6 Å². The van der Waals surface area contributed by atoms with Gasteiger partial charge in [-0.2, -0.15) is 18.4 Å². The van der Waals surface area contributed by atoms with Crippen molar-refractivity contribution in [2.75, 3.05) is 11.2 Å². The Balaban J connectivity index is 2.14. The number of halogens is 3. The molecular weight excluding hydrogens is 599 g/mol. The minimum Gasteiger partial charge on any atom is -0.360 e. The third-order valence-electron chi connectivity index (χ3n) is 6.45. The van der Waals surface area contributed by atoms with Gasteiger partial charge in [0.2, 0.25) is 5.70 Å². The fraction of sp³-hybridized carbons (Fsp3) is 0.231. The summed E-state index contributed by atoms with van der Waals surface area (Å²) in [5, 5.41) is 13.0. The van der Waals surface area contributed by atoms with E-state index in [1.807, 2.05) is 0 Å². The SMILES string of the molecule is [C-]#[N+]C1=C(C)N(c2cccc(C(F)(F)F)c2)C(=O)N(S(=O)(=O)c2c(C)noc2C)[C@@H]1c1ccc(C#N)cc1S(C)(=O)=O. The van der Waals surface area contributed by atoms with Crippen LogP contribution < -0.4 is 4.90 Å². The van der Waals surface area contributed by atoms with E-state index in [1.54, 1.807) is 6.07 Å². The third-order valence-corrected chi connectivity index (χ3v) is 9.59. The number of amides is 2. The molecule has 2 heterocycles. The van der Waals surface area contributed by atoms with E-state index < -0.39 is 64.8 Å². The molecular formula is C26H20F3N5O6S2. The maximum Gasteiger partial charge on any atom is 0.416 e. The Morgan fingerprint density at radius 3 is 2.29 bits per heavy atom. The molecule has 0 saturated heterocycles. The van der Waals surface area contributed by atoms with E-state index in [-0.39, 0.29) is 32.6 Å². The summed E-state index contributed by atoms with van der Waals surface area (Å²) in [7, 11) is -9.21. The van der Waals surface area contributed by atoms with E-state index >= 15 is 0 Å². The van der Waals surface area contributed by atoms with Crippen molar-refractivity contribution >= 4 is 31.6 Å². The number of sulfonamides is 1. The number of rotatable bonds is 5. The maximum atomic E-state index is 14.2. The number of benzene rings is 2. The third kappa shape index (κ3) is 4.99. The van der Waals surface area contributed by atoms with Crippen LogP contribution in [0.5, 0.6) is 0 Å². The molecule has 16 heteroatoms. The Morgan fingerprint density at radius 1 is 1.10 bits per heavy atom. The van der Waals surface area contributed by atoms with Crippen LogP contribution in [0.2, 0.25) is 0 Å². The molecule has 1 aliphatic rings. The van der Waals surface area contributed by atoms with Gasteiger partial charge in [0.25, 0.3) is 10.0 Å². The average Bonchev–Trinajstić information content (AvgIpc) is 3.25. The monoisotopic (exact) mass is 619 g/mol. The lowest BCUT2D eigenvalue weighted by molar-refractivity contribution is -0.137. The van der Waals surface area contributed by atoms with Crippen LogP contribution in [-0.2, 0) is 26.0 Å². The van der Waals surface area contributed by atoms with Crippen LogP contribution >= 0.6 is 0 Å². The number of allylic oxidation sites excluding steroid dienone is 1. The molecule has 0 aliphatic carbocycles. The first-order valence-corrected chi connectivity index (χ1v) is 15.1. The molecule has 0 radical (unpaired) electrons. The predicted octanol–water partition coefficient (Wildman–Crippen LogP) is 5.11. The minimum absolute atomic E-state index is 0.0999. The lowest BCUT2D eigenvalue weighted by Crippen LogP contribution is -2.52. The Hall–Kier alpha value is -4.67. The van der Waals surface area contributed by atoms with Crippen LogP contribution in [0.1, 0.15) is 41.1 Å². The highest BCUT2D eigenvalue weighted by molar-refractivity contribution is 7.91. The average molecular weight is 620 g/mol. The van der Waals surface area contributed by atoms with E-state index in [4.69, 9.17) is 11.1 Å². The molecule has 42 heavy (non-hydrogen) atoms. The van der Waals surface area contributed by atoms with Crippen LogP contribution in [0.15, 0.2) is 68.2 Å². The Bertz CT molecular complexity index is 1950. The number of carbonyl (C=O) groups is 1. The summed E-state index contributed by atoms with van der Waals surface area (Å²) in [6.45, 7) is 11.7. The quantitative estimate of drug-likeness (QED) is 0.358. The number of nitrogens with zero attached hydrogens (tertiary/aromatic N) is 5. The summed E-state index contributed by atoms with van der Waals surface area (Å²) in [6.07, 6.45) is -4.01. The lowest BCUT2D eigenvalue weighted by atomic mass is 9.98. The first-order chi connectivity index (χ1) is 19.4. The number of hydrogen-bond acceptors (Lipinski definition) is 8. The molecule has 1 atom stereocenters. The second-order valence-corrected chi connectivity index (χ2v) is 13.0. The summed E-state index contributed by atoms with van der Waals surface area (Å²) in [5.41, 5.74) is -2.84. The molecule has 0 bridgehead atoms. The van der Waals surface area contributed by atoms with Gasteiger partial charge in [-0.15, -0.1) is 0 Å². The highest BCUT2D eigenvalue weighted by Crippen LogP contribution is 2.46. The Labute approximate surface area is 238 Å². The molecule has 2 aromatic carbocycles. The van der Waals surface area contributed by atoms with E-state index in [2.05, 4.69) is 10.0 Å². The fourth-order valence-corrected chi connectivity index (χ4v) is 7.39. The van der Waals surface area contributed by atoms with E-state index in [0.29, 0.717) is 11.0 Å². The van der Waals surface area contributed by atoms with Crippen molar-refractivity contribution < 1.29 is 39.3 Å². The van der Waals surface area contributed by atoms with E-state index in [0.717, 1.165) is 36.6 Å². The molecule has 11 nitrogen and oxygen atoms in total. The van der Waals surface area contributed by atoms with Gasteiger partial charge in [0.05, 0.1) is 28.7 Å². The predicted molar refractivity (Wildman–Crippen MR) is 141 cm³/mol. The van der Waals surface area contributed by atoms with Crippen molar-refractivity contribution in [2.24, 2.45) is 0 Å². The lowest BCUT2D eigenvalue weighted by Gasteiger charge is -2.41. The van der Waals surface area contributed by atoms with Crippen LogP contribution in [0, 0.1) is 31.8 Å². The molecule has 1 aliphatic heterocycles. The number of sulfone groups is 1. The van der Waals surface area contributed by atoms with Gasteiger partial charge < -0.3 is 4.52 Å². The van der Waals surface area contributed by atoms with Crippen LogP contribution in [-0.4, -0.2) is 38.6 Å². The minimum atomic E-state index is -5.02. The maximum absolute atomic E-state index is 14.2. The van der Waals surface area contributed by atoms with Crippen molar-refractivity contribution in [3.8, 4) is 6.07 Å². The zero-order valence-corrected chi connectivity index (χ0v) is 23.9. The van der Waals surface area contributed by atoms with Gasteiger partial charge in [-0.05, 0) is 56.7 Å². The number of carbonyl (C=O) groups excluding carboxylic acids is 1. The number of nitriles is 1. The number of urea groups is 1. The molecule has 0 N–H and O–H groups in total. The molecule has 1 aromatic heterocycles. The molecule has 3 aromatic rings. The summed E-state index contributed by atoms with van der Waals surface area (Å²) < 4.78 is 100.0. The van der Waals surface area contributed by atoms with Crippen molar-refractivity contribution in [1.82, 2.24) is 9.46 Å². The summed E-state index contributed by atoms with van der Waals surface area (Å²) in [6, 6.07) is 5.28. The van der Waals surface area contributed by atoms with Crippen LogP contribution in [0.25, 0.3) is 4.85 Å². The van der Waals surface area contributed by atoms with Gasteiger partial charge >= 0.3 is 12.2 Å². The summed E-state index contributed by atoms with van der Waals surface area (Å²) in [5.74, 6) is -0.233. The number of aryl methyl sites for hydroxylation is 2. The number of aromatic nitrogens is 1. The molecule has 0 spiro atoms. The van der Waals surface area contributed by atoms with E-state index in [1.165, 1.54) is 26.8 Å².